The highest BCUT2D eigenvalue weighted by Gasteiger charge is 2.14. The molecule has 1 atom stereocenters. The number of ether oxygens (including phenoxy) is 1. The first-order chi connectivity index (χ1) is 9.34. The highest BCUT2D eigenvalue weighted by Crippen LogP contribution is 2.13. The molecule has 0 saturated carbocycles. The van der Waals surface area contributed by atoms with E-state index in [-0.39, 0.29) is 5.56 Å². The Morgan fingerprint density at radius 1 is 1.58 bits per heavy atom. The maximum Gasteiger partial charge on any atom is 0.271 e. The molecule has 1 unspecified atom stereocenters. The molecule has 1 aliphatic heterocycles. The molecule has 5 nitrogen and oxygen atoms in total. The van der Waals surface area contributed by atoms with Crippen LogP contribution in [-0.2, 0) is 11.3 Å². The van der Waals surface area contributed by atoms with Crippen LogP contribution in [0.5, 0.6) is 0 Å². The van der Waals surface area contributed by atoms with Gasteiger partial charge in [0.25, 0.3) is 5.56 Å². The smallest absolute Gasteiger partial charge is 0.271 e. The lowest BCUT2D eigenvalue weighted by atomic mass is 10.1. The molecule has 0 amide bonds. The van der Waals surface area contributed by atoms with Crippen molar-refractivity contribution in [2.75, 3.05) is 26.3 Å². The van der Waals surface area contributed by atoms with E-state index in [1.54, 1.807) is 10.9 Å². The summed E-state index contributed by atoms with van der Waals surface area (Å²) < 4.78 is 7.75. The van der Waals surface area contributed by atoms with Gasteiger partial charge in [0.05, 0.1) is 18.5 Å². The van der Waals surface area contributed by atoms with Crippen molar-refractivity contribution in [2.45, 2.75) is 13.0 Å². The minimum atomic E-state index is 0.0611. The largest absolute Gasteiger partial charge is 0.381 e. The Morgan fingerprint density at radius 3 is 3.37 bits per heavy atom. The second kappa shape index (κ2) is 5.81. The highest BCUT2D eigenvalue weighted by atomic mass is 32.1. The van der Waals surface area contributed by atoms with Crippen molar-refractivity contribution in [3.05, 3.63) is 28.1 Å². The summed E-state index contributed by atoms with van der Waals surface area (Å²) in [5.41, 5.74) is 0.855. The average Bonchev–Trinajstić information content (AvgIpc) is 3.08. The molecule has 3 rings (SSSR count). The molecule has 1 N–H and O–H groups in total. The van der Waals surface area contributed by atoms with Gasteiger partial charge in [0.2, 0.25) is 0 Å². The molecule has 1 aliphatic rings. The van der Waals surface area contributed by atoms with Crippen molar-refractivity contribution in [3.63, 3.8) is 0 Å². The Morgan fingerprint density at radius 2 is 2.53 bits per heavy atom. The summed E-state index contributed by atoms with van der Waals surface area (Å²) >= 11 is 1.45. The Hall–Kier alpha value is -1.24. The Balaban J connectivity index is 1.56. The van der Waals surface area contributed by atoms with Crippen LogP contribution in [0.25, 0.3) is 10.2 Å². The number of nitrogens with one attached hydrogen (secondary N) is 1. The fraction of sp³-hybridized carbons (Fsp3) is 0.538. The molecule has 19 heavy (non-hydrogen) atoms. The summed E-state index contributed by atoms with van der Waals surface area (Å²) in [6.07, 6.45) is 2.77. The number of hydrogen-bond acceptors (Lipinski definition) is 5. The summed E-state index contributed by atoms with van der Waals surface area (Å²) in [5.74, 6) is 0.620. The van der Waals surface area contributed by atoms with E-state index in [0.29, 0.717) is 12.5 Å². The lowest BCUT2D eigenvalue weighted by molar-refractivity contribution is 0.185. The average molecular weight is 279 g/mol. The van der Waals surface area contributed by atoms with Crippen molar-refractivity contribution >= 4 is 21.6 Å². The second-order valence-corrected chi connectivity index (χ2v) is 5.73. The second-order valence-electron chi connectivity index (χ2n) is 4.81. The van der Waals surface area contributed by atoms with E-state index in [9.17, 15) is 4.79 Å². The predicted molar refractivity (Wildman–Crippen MR) is 75.7 cm³/mol. The molecule has 1 fully saturated rings. The van der Waals surface area contributed by atoms with E-state index in [4.69, 9.17) is 4.74 Å². The number of fused-ring (bicyclic) bond motifs is 1. The van der Waals surface area contributed by atoms with E-state index >= 15 is 0 Å². The van der Waals surface area contributed by atoms with Crippen molar-refractivity contribution in [3.8, 4) is 0 Å². The Labute approximate surface area is 115 Å². The molecule has 0 aliphatic carbocycles. The van der Waals surface area contributed by atoms with Gasteiger partial charge in [0.1, 0.15) is 4.70 Å². The van der Waals surface area contributed by atoms with E-state index in [2.05, 4.69) is 10.3 Å². The lowest BCUT2D eigenvalue weighted by Gasteiger charge is -2.10. The van der Waals surface area contributed by atoms with Crippen LogP contribution in [0, 0.1) is 5.92 Å². The lowest BCUT2D eigenvalue weighted by Crippen LogP contribution is -2.30. The number of rotatable bonds is 5. The van der Waals surface area contributed by atoms with Crippen molar-refractivity contribution in [1.29, 1.82) is 0 Å². The van der Waals surface area contributed by atoms with Crippen LogP contribution in [0.2, 0.25) is 0 Å². The minimum Gasteiger partial charge on any atom is -0.381 e. The van der Waals surface area contributed by atoms with E-state index < -0.39 is 0 Å². The quantitative estimate of drug-likeness (QED) is 0.832. The number of aromatic nitrogens is 2. The van der Waals surface area contributed by atoms with Crippen LogP contribution < -0.4 is 10.9 Å². The topological polar surface area (TPSA) is 56.2 Å². The zero-order valence-corrected chi connectivity index (χ0v) is 11.5. The molecule has 102 valence electrons. The summed E-state index contributed by atoms with van der Waals surface area (Å²) in [6.45, 7) is 4.14. The van der Waals surface area contributed by atoms with E-state index in [0.717, 1.165) is 42.9 Å². The fourth-order valence-corrected chi connectivity index (χ4v) is 3.08. The van der Waals surface area contributed by atoms with Gasteiger partial charge in [-0.05, 0) is 23.8 Å². The van der Waals surface area contributed by atoms with E-state index in [1.807, 2.05) is 11.4 Å². The first-order valence-electron chi connectivity index (χ1n) is 6.56. The summed E-state index contributed by atoms with van der Waals surface area (Å²) in [7, 11) is 0. The third kappa shape index (κ3) is 2.86. The minimum absolute atomic E-state index is 0.0611. The molecule has 0 spiro atoms. The Bertz CT molecular complexity index is 601. The molecule has 0 radical (unpaired) electrons. The Kier molecular flexibility index (Phi) is 3.91. The van der Waals surface area contributed by atoms with Gasteiger partial charge < -0.3 is 10.1 Å². The van der Waals surface area contributed by atoms with Gasteiger partial charge in [-0.25, -0.2) is 4.98 Å². The van der Waals surface area contributed by atoms with E-state index in [1.165, 1.54) is 11.3 Å². The van der Waals surface area contributed by atoms with Gasteiger partial charge in [0.15, 0.2) is 0 Å². The van der Waals surface area contributed by atoms with Crippen LogP contribution in [0.3, 0.4) is 0 Å². The summed E-state index contributed by atoms with van der Waals surface area (Å²) in [6, 6.07) is 1.88. The maximum atomic E-state index is 12.1. The van der Waals surface area contributed by atoms with Crippen LogP contribution >= 0.6 is 11.3 Å². The molecule has 0 bridgehead atoms. The van der Waals surface area contributed by atoms with Gasteiger partial charge in [-0.15, -0.1) is 11.3 Å². The van der Waals surface area contributed by atoms with Crippen molar-refractivity contribution in [2.24, 2.45) is 5.92 Å². The standard InChI is InChI=1S/C13H17N3O2S/c17-13-12-11(2-6-19-12)15-9-16(13)4-3-14-7-10-1-5-18-8-10/h2,6,9-10,14H,1,3-5,7-8H2. The SMILES string of the molecule is O=c1c2sccc2ncn1CCNCC1CCOC1. The van der Waals surface area contributed by atoms with Gasteiger partial charge in [0, 0.05) is 26.2 Å². The normalized spacial score (nSPS) is 19.3. The first-order valence-corrected chi connectivity index (χ1v) is 7.43. The molecule has 2 aromatic rings. The molecule has 0 aromatic carbocycles. The van der Waals surface area contributed by atoms with Gasteiger partial charge in [-0.2, -0.15) is 0 Å². The number of hydrogen-bond donors (Lipinski definition) is 1. The van der Waals surface area contributed by atoms with Gasteiger partial charge >= 0.3 is 0 Å². The van der Waals surface area contributed by atoms with Crippen molar-refractivity contribution in [1.82, 2.24) is 14.9 Å². The summed E-state index contributed by atoms with van der Waals surface area (Å²) in [5, 5.41) is 5.29. The van der Waals surface area contributed by atoms with Crippen molar-refractivity contribution < 1.29 is 4.74 Å². The zero-order chi connectivity index (χ0) is 13.1. The highest BCUT2D eigenvalue weighted by molar-refractivity contribution is 7.17. The molecule has 6 heteroatoms. The molecular weight excluding hydrogens is 262 g/mol. The van der Waals surface area contributed by atoms with Crippen LogP contribution in [0.4, 0.5) is 0 Å². The fourth-order valence-electron chi connectivity index (χ4n) is 2.29. The number of nitrogens with zero attached hydrogens (tertiary/aromatic N) is 2. The molecule has 3 heterocycles. The molecule has 1 saturated heterocycles. The monoisotopic (exact) mass is 279 g/mol. The number of thiophene rings is 1. The third-order valence-corrected chi connectivity index (χ3v) is 4.31. The van der Waals surface area contributed by atoms with Gasteiger partial charge in [-0.1, -0.05) is 0 Å². The van der Waals surface area contributed by atoms with Gasteiger partial charge in [-0.3, -0.25) is 9.36 Å². The van der Waals surface area contributed by atoms with Crippen LogP contribution in [0.1, 0.15) is 6.42 Å². The first kappa shape index (κ1) is 12.8. The molecule has 2 aromatic heterocycles. The molecular formula is C13H17N3O2S. The zero-order valence-electron chi connectivity index (χ0n) is 10.7. The maximum absolute atomic E-state index is 12.1. The predicted octanol–water partition coefficient (Wildman–Crippen LogP) is 1.08. The summed E-state index contributed by atoms with van der Waals surface area (Å²) in [4.78, 5) is 16.4. The van der Waals surface area contributed by atoms with Crippen LogP contribution in [-0.4, -0.2) is 35.9 Å². The van der Waals surface area contributed by atoms with Crippen LogP contribution in [0.15, 0.2) is 22.6 Å². The third-order valence-electron chi connectivity index (χ3n) is 3.42.